The van der Waals surface area contributed by atoms with Crippen LogP contribution in [0.15, 0.2) is 36.4 Å². The average molecular weight is 407 g/mol. The maximum absolute atomic E-state index is 13.1. The van der Waals surface area contributed by atoms with Gasteiger partial charge in [-0.1, -0.05) is 29.3 Å². The van der Waals surface area contributed by atoms with Crippen LogP contribution in [0.5, 0.6) is 5.75 Å². The van der Waals surface area contributed by atoms with Crippen LogP contribution < -0.4 is 10.2 Å². The Morgan fingerprint density at radius 3 is 2.41 bits per heavy atom. The van der Waals surface area contributed by atoms with Crippen LogP contribution in [-0.4, -0.2) is 29.0 Å². The molecule has 142 valence electrons. The van der Waals surface area contributed by atoms with Gasteiger partial charge in [-0.15, -0.1) is 0 Å². The molecule has 27 heavy (non-hydrogen) atoms. The van der Waals surface area contributed by atoms with Crippen LogP contribution in [0, 0.1) is 0 Å². The van der Waals surface area contributed by atoms with Crippen molar-refractivity contribution in [1.82, 2.24) is 10.4 Å². The fraction of sp³-hybridized carbons (Fsp3) is 0.300. The van der Waals surface area contributed by atoms with E-state index in [1.165, 1.54) is 17.1 Å². The molecule has 0 aromatic heterocycles. The van der Waals surface area contributed by atoms with Gasteiger partial charge in [-0.3, -0.25) is 15.0 Å². The van der Waals surface area contributed by atoms with Gasteiger partial charge in [0.1, 0.15) is 5.75 Å². The third-order valence-electron chi connectivity index (χ3n) is 4.18. The van der Waals surface area contributed by atoms with Crippen molar-refractivity contribution in [1.29, 1.82) is 0 Å². The number of carbonyl (C=O) groups is 2. The van der Waals surface area contributed by atoms with E-state index >= 15 is 0 Å². The quantitative estimate of drug-likeness (QED) is 0.746. The predicted octanol–water partition coefficient (Wildman–Crippen LogP) is 4.51. The molecule has 1 N–H and O–H groups in total. The molecule has 2 aromatic carbocycles. The molecule has 0 fully saturated rings. The Morgan fingerprint density at radius 1 is 1.11 bits per heavy atom. The second-order valence-electron chi connectivity index (χ2n) is 7.29. The number of carbonyl (C=O) groups excluding carboxylic acids is 2. The molecule has 0 unspecified atom stereocenters. The van der Waals surface area contributed by atoms with E-state index in [4.69, 9.17) is 27.9 Å². The van der Waals surface area contributed by atoms with Crippen molar-refractivity contribution in [2.75, 3.05) is 6.61 Å². The summed E-state index contributed by atoms with van der Waals surface area (Å²) >= 11 is 12.0. The zero-order chi connectivity index (χ0) is 19.8. The molecule has 5 nitrogen and oxygen atoms in total. The maximum Gasteiger partial charge on any atom is 0.272 e. The molecule has 0 bridgehead atoms. The number of nitrogens with one attached hydrogen (secondary N) is 1. The van der Waals surface area contributed by atoms with Gasteiger partial charge in [-0.2, -0.15) is 0 Å². The number of ether oxygens (including phenoxy) is 1. The van der Waals surface area contributed by atoms with Crippen molar-refractivity contribution in [3.8, 4) is 5.75 Å². The van der Waals surface area contributed by atoms with Crippen molar-refractivity contribution in [2.24, 2.45) is 0 Å². The number of hydrazine groups is 1. The summed E-state index contributed by atoms with van der Waals surface area (Å²) in [7, 11) is 0. The molecule has 7 heteroatoms. The summed E-state index contributed by atoms with van der Waals surface area (Å²) in [5, 5.41) is 2.00. The van der Waals surface area contributed by atoms with Crippen LogP contribution in [0.2, 0.25) is 10.0 Å². The third-order valence-corrected chi connectivity index (χ3v) is 4.62. The normalized spacial score (nSPS) is 12.9. The minimum atomic E-state index is -0.671. The maximum atomic E-state index is 13.1. The van der Waals surface area contributed by atoms with E-state index in [9.17, 15) is 9.59 Å². The molecule has 0 saturated heterocycles. The molecule has 0 radical (unpaired) electrons. The molecule has 1 aliphatic rings. The summed E-state index contributed by atoms with van der Waals surface area (Å²) < 4.78 is 5.51. The largest absolute Gasteiger partial charge is 0.493 e. The minimum Gasteiger partial charge on any atom is -0.493 e. The van der Waals surface area contributed by atoms with Crippen LogP contribution in [-0.2, 0) is 6.42 Å². The average Bonchev–Trinajstić information content (AvgIpc) is 3.05. The van der Waals surface area contributed by atoms with Crippen LogP contribution in [0.25, 0.3) is 0 Å². The number of rotatable bonds is 2. The molecule has 0 aliphatic carbocycles. The first-order chi connectivity index (χ1) is 12.7. The zero-order valence-corrected chi connectivity index (χ0v) is 16.8. The van der Waals surface area contributed by atoms with Gasteiger partial charge in [0, 0.05) is 33.2 Å². The molecule has 0 atom stereocenters. The highest BCUT2D eigenvalue weighted by Crippen LogP contribution is 2.28. The Balaban J connectivity index is 1.91. The monoisotopic (exact) mass is 406 g/mol. The smallest absolute Gasteiger partial charge is 0.272 e. The highest BCUT2D eigenvalue weighted by Gasteiger charge is 2.31. The van der Waals surface area contributed by atoms with Crippen LogP contribution in [0.4, 0.5) is 0 Å². The van der Waals surface area contributed by atoms with Gasteiger partial charge in [0.25, 0.3) is 11.8 Å². The fourth-order valence-corrected chi connectivity index (χ4v) is 3.45. The standard InChI is InChI=1S/C20H20Cl2N2O3/c1-20(2,3)24(19(26)12-9-13(21)11-14(22)10-12)23-18(25)16-5-4-6-17-15(16)7-8-27-17/h4-6,9-11H,7-8H2,1-3H3,(H,23,25). The Bertz CT molecular complexity index is 886. The second kappa shape index (κ2) is 7.41. The van der Waals surface area contributed by atoms with Crippen molar-refractivity contribution >= 4 is 35.0 Å². The fourth-order valence-electron chi connectivity index (χ4n) is 2.93. The van der Waals surface area contributed by atoms with Gasteiger partial charge in [0.05, 0.1) is 12.1 Å². The molecule has 2 aromatic rings. The lowest BCUT2D eigenvalue weighted by Crippen LogP contribution is -2.56. The van der Waals surface area contributed by atoms with Gasteiger partial charge in [-0.25, -0.2) is 5.01 Å². The molecule has 0 spiro atoms. The summed E-state index contributed by atoms with van der Waals surface area (Å²) in [5.74, 6) is -0.0595. The van der Waals surface area contributed by atoms with Crippen LogP contribution >= 0.6 is 23.2 Å². The molecule has 1 aliphatic heterocycles. The summed E-state index contributed by atoms with van der Waals surface area (Å²) in [6.45, 7) is 6.03. The van der Waals surface area contributed by atoms with Crippen molar-refractivity contribution in [3.05, 3.63) is 63.1 Å². The SMILES string of the molecule is CC(C)(C)N(NC(=O)c1cccc2c1CCO2)C(=O)c1cc(Cl)cc(Cl)c1. The second-order valence-corrected chi connectivity index (χ2v) is 8.16. The summed E-state index contributed by atoms with van der Waals surface area (Å²) in [4.78, 5) is 26.0. The van der Waals surface area contributed by atoms with Gasteiger partial charge >= 0.3 is 0 Å². The molecular formula is C20H20Cl2N2O3. The first kappa shape index (κ1) is 19.5. The Morgan fingerprint density at radius 2 is 1.78 bits per heavy atom. The van der Waals surface area contributed by atoms with E-state index in [1.807, 2.05) is 26.8 Å². The lowest BCUT2D eigenvalue weighted by Gasteiger charge is -2.35. The topological polar surface area (TPSA) is 58.6 Å². The predicted molar refractivity (Wildman–Crippen MR) is 105 cm³/mol. The van der Waals surface area contributed by atoms with Gasteiger partial charge in [0.15, 0.2) is 0 Å². The Kier molecular flexibility index (Phi) is 5.36. The van der Waals surface area contributed by atoms with Gasteiger partial charge < -0.3 is 4.74 Å². The van der Waals surface area contributed by atoms with E-state index < -0.39 is 11.4 Å². The Hall–Kier alpha value is -2.24. The number of benzene rings is 2. The molecule has 3 rings (SSSR count). The lowest BCUT2D eigenvalue weighted by atomic mass is 10.0. The first-order valence-corrected chi connectivity index (χ1v) is 9.29. The summed E-state index contributed by atoms with van der Waals surface area (Å²) in [6, 6.07) is 9.92. The number of hydrogen-bond donors (Lipinski definition) is 1. The van der Waals surface area contributed by atoms with E-state index in [0.717, 1.165) is 5.56 Å². The van der Waals surface area contributed by atoms with Gasteiger partial charge in [-0.05, 0) is 51.1 Å². The zero-order valence-electron chi connectivity index (χ0n) is 15.3. The molecular weight excluding hydrogens is 387 g/mol. The van der Waals surface area contributed by atoms with E-state index in [1.54, 1.807) is 18.2 Å². The highest BCUT2D eigenvalue weighted by atomic mass is 35.5. The van der Waals surface area contributed by atoms with Crippen molar-refractivity contribution < 1.29 is 14.3 Å². The van der Waals surface area contributed by atoms with E-state index in [2.05, 4.69) is 5.43 Å². The van der Waals surface area contributed by atoms with Crippen LogP contribution in [0.1, 0.15) is 47.1 Å². The van der Waals surface area contributed by atoms with Crippen molar-refractivity contribution in [2.45, 2.75) is 32.7 Å². The third kappa shape index (κ3) is 4.20. The molecule has 1 heterocycles. The van der Waals surface area contributed by atoms with Crippen molar-refractivity contribution in [3.63, 3.8) is 0 Å². The number of hydrogen-bond acceptors (Lipinski definition) is 3. The summed E-state index contributed by atoms with van der Waals surface area (Å²) in [5.41, 5.74) is 3.71. The molecule has 0 saturated carbocycles. The van der Waals surface area contributed by atoms with Crippen LogP contribution in [0.3, 0.4) is 0 Å². The van der Waals surface area contributed by atoms with E-state index in [0.29, 0.717) is 39.9 Å². The number of halogens is 2. The number of nitrogens with zero attached hydrogens (tertiary/aromatic N) is 1. The molecule has 2 amide bonds. The lowest BCUT2D eigenvalue weighted by molar-refractivity contribution is 0.0358. The van der Waals surface area contributed by atoms with E-state index in [-0.39, 0.29) is 5.91 Å². The first-order valence-electron chi connectivity index (χ1n) is 8.53. The van der Waals surface area contributed by atoms with Gasteiger partial charge in [0.2, 0.25) is 0 Å². The Labute approximate surface area is 168 Å². The minimum absolute atomic E-state index is 0.296. The highest BCUT2D eigenvalue weighted by molar-refractivity contribution is 6.35. The number of amides is 2. The number of fused-ring (bicyclic) bond motifs is 1. The summed E-state index contributed by atoms with van der Waals surface area (Å²) in [6.07, 6.45) is 0.659.